The summed E-state index contributed by atoms with van der Waals surface area (Å²) in [6.45, 7) is 0. The number of aliphatic hydroxyl groups excluding tert-OH is 1. The summed E-state index contributed by atoms with van der Waals surface area (Å²) in [7, 11) is 0. The highest BCUT2D eigenvalue weighted by Gasteiger charge is 2.00. The minimum atomic E-state index is -0.113. The molecule has 0 saturated carbocycles. The summed E-state index contributed by atoms with van der Waals surface area (Å²) < 4.78 is 0. The number of hydrogen-bond donors (Lipinski definition) is 1. The van der Waals surface area contributed by atoms with Crippen molar-refractivity contribution >= 4 is 0 Å². The first kappa shape index (κ1) is 8.54. The third-order valence-electron chi connectivity index (χ3n) is 1.95. The van der Waals surface area contributed by atoms with Gasteiger partial charge in [0.2, 0.25) is 0 Å². The van der Waals surface area contributed by atoms with E-state index in [1.165, 1.54) is 6.42 Å². The minimum Gasteiger partial charge on any atom is -0.393 e. The van der Waals surface area contributed by atoms with Gasteiger partial charge >= 0.3 is 0 Å². The smallest absolute Gasteiger partial charge is 0.0574 e. The van der Waals surface area contributed by atoms with Crippen LogP contribution in [0.2, 0.25) is 0 Å². The second-order valence-corrected chi connectivity index (χ2v) is 3.03. The summed E-state index contributed by atoms with van der Waals surface area (Å²) in [5, 5.41) is 9.36. The topological polar surface area (TPSA) is 20.2 Å². The molecule has 1 rings (SSSR count). The molecule has 0 heterocycles. The van der Waals surface area contributed by atoms with Gasteiger partial charge in [0, 0.05) is 0 Å². The Kier molecular flexibility index (Phi) is 3.99. The predicted octanol–water partition coefficient (Wildman–Crippen LogP) is 2.42. The maximum absolute atomic E-state index is 9.36. The van der Waals surface area contributed by atoms with E-state index in [9.17, 15) is 5.11 Å². The molecule has 0 amide bonds. The summed E-state index contributed by atoms with van der Waals surface area (Å²) in [5.41, 5.74) is 0. The molecule has 62 valence electrons. The summed E-state index contributed by atoms with van der Waals surface area (Å²) >= 11 is 0. The molecular formula is C10H16O. The minimum absolute atomic E-state index is 0.113. The van der Waals surface area contributed by atoms with Crippen LogP contribution >= 0.6 is 0 Å². The van der Waals surface area contributed by atoms with Crippen molar-refractivity contribution < 1.29 is 5.11 Å². The van der Waals surface area contributed by atoms with E-state index in [0.717, 1.165) is 25.7 Å². The lowest BCUT2D eigenvalue weighted by molar-refractivity contribution is 0.164. The van der Waals surface area contributed by atoms with Crippen LogP contribution in [0.5, 0.6) is 0 Å². The van der Waals surface area contributed by atoms with E-state index in [4.69, 9.17) is 0 Å². The van der Waals surface area contributed by atoms with Gasteiger partial charge in [-0.3, -0.25) is 0 Å². The SMILES string of the molecule is OC1C/C=C\C=C/CCCC1. The Hall–Kier alpha value is -0.560. The summed E-state index contributed by atoms with van der Waals surface area (Å²) in [5.74, 6) is 0. The van der Waals surface area contributed by atoms with Gasteiger partial charge in [-0.2, -0.15) is 0 Å². The molecule has 0 aromatic carbocycles. The van der Waals surface area contributed by atoms with Crippen molar-refractivity contribution in [2.24, 2.45) is 0 Å². The van der Waals surface area contributed by atoms with Crippen molar-refractivity contribution in [2.45, 2.75) is 38.2 Å². The van der Waals surface area contributed by atoms with E-state index in [1.54, 1.807) is 0 Å². The number of aliphatic hydroxyl groups is 1. The lowest BCUT2D eigenvalue weighted by atomic mass is 10.1. The Labute approximate surface area is 68.4 Å². The number of hydrogen-bond acceptors (Lipinski definition) is 1. The van der Waals surface area contributed by atoms with Crippen LogP contribution in [0.15, 0.2) is 24.3 Å². The molecule has 1 heteroatoms. The second-order valence-electron chi connectivity index (χ2n) is 3.03. The van der Waals surface area contributed by atoms with Crippen molar-refractivity contribution in [2.75, 3.05) is 0 Å². The molecule has 0 spiro atoms. The van der Waals surface area contributed by atoms with Gasteiger partial charge < -0.3 is 5.11 Å². The summed E-state index contributed by atoms with van der Waals surface area (Å²) in [6.07, 6.45) is 13.5. The average Bonchev–Trinajstić information content (AvgIpc) is 2.03. The molecule has 0 radical (unpaired) electrons. The molecule has 0 aromatic heterocycles. The fraction of sp³-hybridized carbons (Fsp3) is 0.600. The normalized spacial score (nSPS) is 32.6. The number of allylic oxidation sites excluding steroid dienone is 3. The van der Waals surface area contributed by atoms with Crippen molar-refractivity contribution in [3.8, 4) is 0 Å². The van der Waals surface area contributed by atoms with Crippen molar-refractivity contribution in [3.05, 3.63) is 24.3 Å². The standard InChI is InChI=1S/C10H16O/c11-10-8-6-4-2-1-3-5-7-9-10/h1-2,4,6,10-11H,3,5,7-9H2/b2-1-,6-4-. The zero-order valence-electron chi connectivity index (χ0n) is 6.87. The molecule has 1 unspecified atom stereocenters. The van der Waals surface area contributed by atoms with Crippen LogP contribution < -0.4 is 0 Å². The highest BCUT2D eigenvalue weighted by Crippen LogP contribution is 2.09. The van der Waals surface area contributed by atoms with E-state index in [2.05, 4.69) is 12.2 Å². The third kappa shape index (κ3) is 3.99. The van der Waals surface area contributed by atoms with Gasteiger partial charge in [-0.15, -0.1) is 0 Å². The van der Waals surface area contributed by atoms with Crippen LogP contribution in [0.25, 0.3) is 0 Å². The van der Waals surface area contributed by atoms with Gasteiger partial charge in [0.25, 0.3) is 0 Å². The van der Waals surface area contributed by atoms with E-state index in [-0.39, 0.29) is 6.10 Å². The lowest BCUT2D eigenvalue weighted by Gasteiger charge is -2.07. The molecule has 1 nitrogen and oxygen atoms in total. The van der Waals surface area contributed by atoms with Gasteiger partial charge in [-0.05, 0) is 25.7 Å². The van der Waals surface area contributed by atoms with Crippen LogP contribution in [-0.4, -0.2) is 11.2 Å². The molecule has 0 fully saturated rings. The van der Waals surface area contributed by atoms with Crippen LogP contribution in [0, 0.1) is 0 Å². The fourth-order valence-electron chi connectivity index (χ4n) is 1.25. The highest BCUT2D eigenvalue weighted by atomic mass is 16.3. The van der Waals surface area contributed by atoms with Crippen LogP contribution in [0.3, 0.4) is 0 Å². The van der Waals surface area contributed by atoms with Gasteiger partial charge in [0.05, 0.1) is 6.10 Å². The molecule has 11 heavy (non-hydrogen) atoms. The molecule has 1 atom stereocenters. The lowest BCUT2D eigenvalue weighted by Crippen LogP contribution is -2.04. The van der Waals surface area contributed by atoms with E-state index in [0.29, 0.717) is 0 Å². The monoisotopic (exact) mass is 152 g/mol. The first-order valence-corrected chi connectivity index (χ1v) is 4.39. The molecule has 1 N–H and O–H groups in total. The average molecular weight is 152 g/mol. The Morgan fingerprint density at radius 2 is 1.91 bits per heavy atom. The van der Waals surface area contributed by atoms with Gasteiger partial charge in [-0.25, -0.2) is 0 Å². The predicted molar refractivity (Wildman–Crippen MR) is 47.4 cm³/mol. The molecule has 0 saturated heterocycles. The maximum Gasteiger partial charge on any atom is 0.0574 e. The van der Waals surface area contributed by atoms with Gasteiger partial charge in [-0.1, -0.05) is 30.7 Å². The maximum atomic E-state index is 9.36. The first-order chi connectivity index (χ1) is 5.39. The highest BCUT2D eigenvalue weighted by molar-refractivity contribution is 5.03. The van der Waals surface area contributed by atoms with Gasteiger partial charge in [0.1, 0.15) is 0 Å². The third-order valence-corrected chi connectivity index (χ3v) is 1.95. The summed E-state index contributed by atoms with van der Waals surface area (Å²) in [4.78, 5) is 0. The second kappa shape index (κ2) is 5.14. The van der Waals surface area contributed by atoms with Crippen molar-refractivity contribution in [1.82, 2.24) is 0 Å². The molecule has 0 aromatic rings. The zero-order chi connectivity index (χ0) is 7.94. The Bertz CT molecular complexity index is 147. The molecule has 0 bridgehead atoms. The molecule has 1 aliphatic rings. The van der Waals surface area contributed by atoms with Crippen LogP contribution in [0.1, 0.15) is 32.1 Å². The zero-order valence-corrected chi connectivity index (χ0v) is 6.87. The summed E-state index contributed by atoms with van der Waals surface area (Å²) in [6, 6.07) is 0. The quantitative estimate of drug-likeness (QED) is 0.565. The molecule has 1 aliphatic carbocycles. The molecule has 0 aliphatic heterocycles. The fourth-order valence-corrected chi connectivity index (χ4v) is 1.25. The first-order valence-electron chi connectivity index (χ1n) is 4.39. The molecular weight excluding hydrogens is 136 g/mol. The van der Waals surface area contributed by atoms with E-state index < -0.39 is 0 Å². The van der Waals surface area contributed by atoms with Crippen molar-refractivity contribution in [1.29, 1.82) is 0 Å². The van der Waals surface area contributed by atoms with E-state index >= 15 is 0 Å². The number of rotatable bonds is 0. The Balaban J connectivity index is 2.36. The Morgan fingerprint density at radius 1 is 1.09 bits per heavy atom. The Morgan fingerprint density at radius 3 is 2.82 bits per heavy atom. The largest absolute Gasteiger partial charge is 0.393 e. The van der Waals surface area contributed by atoms with Crippen LogP contribution in [0.4, 0.5) is 0 Å². The van der Waals surface area contributed by atoms with E-state index in [1.807, 2.05) is 12.2 Å². The van der Waals surface area contributed by atoms with Gasteiger partial charge in [0.15, 0.2) is 0 Å². The van der Waals surface area contributed by atoms with Crippen LogP contribution in [-0.2, 0) is 0 Å². The van der Waals surface area contributed by atoms with Crippen molar-refractivity contribution in [3.63, 3.8) is 0 Å².